The first-order valence-corrected chi connectivity index (χ1v) is 24.2. The van der Waals surface area contributed by atoms with E-state index in [1.165, 1.54) is 7.11 Å². The van der Waals surface area contributed by atoms with Crippen LogP contribution in [0.1, 0.15) is 139 Å². The largest absolute Gasteiger partial charge is 0.460 e. The number of ether oxygens (including phenoxy) is 4. The third-order valence-electron chi connectivity index (χ3n) is 14.9. The van der Waals surface area contributed by atoms with Crippen LogP contribution < -0.4 is 0 Å². The number of hydrogen-bond donors (Lipinski definition) is 2. The van der Waals surface area contributed by atoms with Crippen LogP contribution in [-0.4, -0.2) is 114 Å². The van der Waals surface area contributed by atoms with Crippen molar-refractivity contribution >= 4 is 29.2 Å². The number of piperidine rings is 1. The molecule has 65 heavy (non-hydrogen) atoms. The molecule has 0 aromatic heterocycles. The molecule has 3 aliphatic heterocycles. The molecule has 3 heterocycles. The van der Waals surface area contributed by atoms with Crippen LogP contribution in [0.25, 0.3) is 0 Å². The van der Waals surface area contributed by atoms with Crippen LogP contribution in [0.15, 0.2) is 47.6 Å². The lowest BCUT2D eigenvalue weighted by Gasteiger charge is -2.42. The topological polar surface area (TPSA) is 166 Å². The summed E-state index contributed by atoms with van der Waals surface area (Å²) in [7, 11) is 2.94. The van der Waals surface area contributed by atoms with Crippen LogP contribution >= 0.6 is 0 Å². The van der Waals surface area contributed by atoms with E-state index in [4.69, 9.17) is 18.9 Å². The highest BCUT2D eigenvalue weighted by Gasteiger charge is 2.55. The van der Waals surface area contributed by atoms with Gasteiger partial charge in [-0.05, 0) is 113 Å². The van der Waals surface area contributed by atoms with Crippen molar-refractivity contribution in [3.63, 3.8) is 0 Å². The van der Waals surface area contributed by atoms with Crippen molar-refractivity contribution in [2.45, 2.75) is 188 Å². The lowest BCUT2D eigenvalue weighted by atomic mass is 9.77. The van der Waals surface area contributed by atoms with Gasteiger partial charge in [0.05, 0.1) is 18.3 Å². The molecule has 4 rings (SSSR count). The Bertz CT molecular complexity index is 1790. The monoisotopic (exact) mass is 914 g/mol. The summed E-state index contributed by atoms with van der Waals surface area (Å²) in [6.45, 7) is 16.7. The van der Waals surface area contributed by atoms with E-state index in [0.717, 1.165) is 10.5 Å². The van der Waals surface area contributed by atoms with Gasteiger partial charge in [-0.1, -0.05) is 90.5 Å². The molecule has 0 aromatic carbocycles. The average Bonchev–Trinajstić information content (AvgIpc) is 3.26. The van der Waals surface area contributed by atoms with Gasteiger partial charge in [0.25, 0.3) is 17.5 Å². The molecule has 2 saturated heterocycles. The minimum absolute atomic E-state index is 0.0257. The van der Waals surface area contributed by atoms with Crippen LogP contribution in [-0.2, 0) is 42.9 Å². The number of carbonyl (C=O) groups excluding carboxylic acids is 5. The molecule has 4 aliphatic rings. The molecule has 0 radical (unpaired) electrons. The number of esters is 1. The fourth-order valence-corrected chi connectivity index (χ4v) is 10.2. The number of ketones is 3. The molecule has 14 atom stereocenters. The highest BCUT2D eigenvalue weighted by molar-refractivity contribution is 6.39. The smallest absolute Gasteiger partial charge is 0.329 e. The SMILES string of the molecule is CO[C@@H]1CC(C[C@@H](C)C2CC(=O)[C@H](C)/C=C(\C)[C@@H](O)[C@@H](OC)C(=O)[C@H](C)C[C@H](C)/C=C/C=C/C=C(\C)C(C)(C)C[C@@H]3CC[C@@H](C)C(F)(O3)C(=O)C(=O)N3CCCC[C@H]3C(=O)O2)CC[C@H]1O. The number of aliphatic hydroxyl groups excluding tert-OH is 2. The lowest BCUT2D eigenvalue weighted by molar-refractivity contribution is -0.231. The van der Waals surface area contributed by atoms with Gasteiger partial charge in [-0.25, -0.2) is 9.18 Å². The van der Waals surface area contributed by atoms with Crippen LogP contribution in [0.2, 0.25) is 0 Å². The summed E-state index contributed by atoms with van der Waals surface area (Å²) in [5.41, 5.74) is 0.941. The van der Waals surface area contributed by atoms with E-state index in [0.29, 0.717) is 69.8 Å². The number of Topliss-reactive ketones (excluding diaryl/α,β-unsaturated/α-hetero) is 3. The molecule has 2 N–H and O–H groups in total. The Morgan fingerprint density at radius 1 is 0.908 bits per heavy atom. The number of cyclic esters (lactones) is 1. The number of rotatable bonds is 5. The minimum Gasteiger partial charge on any atom is -0.460 e. The lowest BCUT2D eigenvalue weighted by Crippen LogP contribution is -2.59. The van der Waals surface area contributed by atoms with Crippen LogP contribution in [0.5, 0.6) is 0 Å². The maximum atomic E-state index is 17.1. The molecule has 366 valence electrons. The van der Waals surface area contributed by atoms with E-state index < -0.39 is 83.2 Å². The van der Waals surface area contributed by atoms with Crippen molar-refractivity contribution in [3.8, 4) is 0 Å². The summed E-state index contributed by atoms with van der Waals surface area (Å²) in [6, 6.07) is -1.18. The summed E-state index contributed by atoms with van der Waals surface area (Å²) in [5, 5.41) is 21.9. The van der Waals surface area contributed by atoms with E-state index in [1.54, 1.807) is 34.0 Å². The molecule has 1 saturated carbocycles. The first kappa shape index (κ1) is 54.2. The summed E-state index contributed by atoms with van der Waals surface area (Å²) >= 11 is 0. The number of carbonyl (C=O) groups is 5. The van der Waals surface area contributed by atoms with Crippen LogP contribution in [0, 0.1) is 40.9 Å². The minimum atomic E-state index is -2.89. The second-order valence-electron chi connectivity index (χ2n) is 20.6. The van der Waals surface area contributed by atoms with E-state index in [9.17, 15) is 34.2 Å². The molecule has 1 aliphatic carbocycles. The van der Waals surface area contributed by atoms with Gasteiger partial charge < -0.3 is 34.1 Å². The maximum absolute atomic E-state index is 17.1. The predicted octanol–water partition coefficient (Wildman–Crippen LogP) is 8.17. The van der Waals surface area contributed by atoms with Crippen molar-refractivity contribution in [3.05, 3.63) is 47.6 Å². The van der Waals surface area contributed by atoms with Crippen molar-refractivity contribution in [2.24, 2.45) is 40.9 Å². The Kier molecular flexibility index (Phi) is 20.1. The fourth-order valence-electron chi connectivity index (χ4n) is 10.2. The zero-order valence-electron chi connectivity index (χ0n) is 41.1. The fraction of sp³-hybridized carbons (Fsp3) is 0.750. The zero-order chi connectivity index (χ0) is 48.4. The van der Waals surface area contributed by atoms with E-state index >= 15 is 4.39 Å². The Balaban J connectivity index is 1.71. The number of methoxy groups -OCH3 is 2. The molecule has 3 fully saturated rings. The van der Waals surface area contributed by atoms with Gasteiger partial charge in [-0.15, -0.1) is 0 Å². The van der Waals surface area contributed by atoms with Gasteiger partial charge in [-0.2, -0.15) is 0 Å². The number of allylic oxidation sites excluding steroid dienone is 7. The molecule has 2 bridgehead atoms. The Morgan fingerprint density at radius 2 is 1.62 bits per heavy atom. The molecule has 0 aromatic rings. The van der Waals surface area contributed by atoms with Gasteiger partial charge in [0.15, 0.2) is 5.78 Å². The van der Waals surface area contributed by atoms with E-state index in [1.807, 2.05) is 71.9 Å². The normalized spacial score (nSPS) is 40.1. The predicted molar refractivity (Wildman–Crippen MR) is 247 cm³/mol. The number of alkyl halides is 1. The molecular formula is C52H80FNO11. The van der Waals surface area contributed by atoms with Gasteiger partial charge in [0.2, 0.25) is 0 Å². The molecular weight excluding hydrogens is 834 g/mol. The van der Waals surface area contributed by atoms with E-state index in [-0.39, 0.29) is 54.8 Å². The van der Waals surface area contributed by atoms with Crippen molar-refractivity contribution in [1.82, 2.24) is 4.90 Å². The third-order valence-corrected chi connectivity index (χ3v) is 14.9. The second-order valence-corrected chi connectivity index (χ2v) is 20.6. The number of halogens is 1. The van der Waals surface area contributed by atoms with Gasteiger partial charge in [-0.3, -0.25) is 19.2 Å². The third kappa shape index (κ3) is 14.1. The maximum Gasteiger partial charge on any atom is 0.329 e. The highest BCUT2D eigenvalue weighted by Crippen LogP contribution is 2.43. The Labute approximate surface area is 387 Å². The van der Waals surface area contributed by atoms with E-state index in [2.05, 4.69) is 0 Å². The Morgan fingerprint density at radius 3 is 2.29 bits per heavy atom. The summed E-state index contributed by atoms with van der Waals surface area (Å²) in [4.78, 5) is 71.6. The molecule has 0 spiro atoms. The van der Waals surface area contributed by atoms with Gasteiger partial charge in [0.1, 0.15) is 30.1 Å². The second kappa shape index (κ2) is 24.1. The number of fused-ring (bicyclic) bond motifs is 3. The summed E-state index contributed by atoms with van der Waals surface area (Å²) < 4.78 is 40.5. The average molecular weight is 914 g/mol. The number of hydrogen-bond acceptors (Lipinski definition) is 11. The number of aliphatic hydroxyl groups is 2. The summed E-state index contributed by atoms with van der Waals surface area (Å²) in [5.74, 6) is -8.96. The quantitative estimate of drug-likeness (QED) is 0.155. The number of amides is 1. The first-order chi connectivity index (χ1) is 30.5. The highest BCUT2D eigenvalue weighted by atomic mass is 19.2. The molecule has 13 heteroatoms. The molecule has 3 unspecified atom stereocenters. The standard InChI is InChI=1S/C52H80FNO11/c1-31-17-13-12-14-18-36(6)51(8,9)30-39-22-20-37(7)52(53,65-39)48(59)49(60)54-24-16-15-19-40(54)50(61)64-43(33(3)27-38-21-23-41(55)44(28-38)62-10)29-42(56)32(2)26-35(5)46(58)47(63-11)45(57)34(4)25-31/h12-14,17-18,26,31-34,37-41,43-44,46-47,55,58H,15-16,19-25,27-30H2,1-11H3/b14-12+,17-13+,35-26+,36-18+/t31-,32-,33-,34-,37-,38?,39+,40+,41-,43?,44-,46-,47+,52?/m1/s1. The van der Waals surface area contributed by atoms with Crippen LogP contribution in [0.3, 0.4) is 0 Å². The van der Waals surface area contributed by atoms with Gasteiger partial charge in [0, 0.05) is 44.9 Å². The zero-order valence-corrected chi connectivity index (χ0v) is 41.1. The van der Waals surface area contributed by atoms with Gasteiger partial charge >= 0.3 is 5.97 Å². The van der Waals surface area contributed by atoms with Crippen molar-refractivity contribution in [1.29, 1.82) is 0 Å². The van der Waals surface area contributed by atoms with Crippen LogP contribution in [0.4, 0.5) is 4.39 Å². The Hall–Kier alpha value is -3.36. The van der Waals surface area contributed by atoms with Crippen molar-refractivity contribution in [2.75, 3.05) is 20.8 Å². The van der Waals surface area contributed by atoms with Crippen molar-refractivity contribution < 1.29 is 57.5 Å². The summed E-state index contributed by atoms with van der Waals surface area (Å²) in [6.07, 6.45) is 11.6. The number of nitrogens with zero attached hydrogens (tertiary/aromatic N) is 1. The molecule has 12 nitrogen and oxygen atoms in total. The first-order valence-electron chi connectivity index (χ1n) is 24.2. The molecule has 1 amide bonds.